The van der Waals surface area contributed by atoms with Crippen LogP contribution in [0.25, 0.3) is 5.65 Å². The number of aromatic nitrogens is 4. The molecule has 19 heavy (non-hydrogen) atoms. The van der Waals surface area contributed by atoms with E-state index >= 15 is 0 Å². The van der Waals surface area contributed by atoms with E-state index in [1.54, 1.807) is 36.7 Å². The van der Waals surface area contributed by atoms with Gasteiger partial charge in [-0.05, 0) is 24.6 Å². The molecule has 0 spiro atoms. The minimum atomic E-state index is 0.0114. The Balaban J connectivity index is 1.96. The lowest BCUT2D eigenvalue weighted by atomic mass is 10.2. The fourth-order valence-electron chi connectivity index (χ4n) is 1.77. The molecule has 6 nitrogen and oxygen atoms in total. The van der Waals surface area contributed by atoms with Crippen molar-refractivity contribution in [2.45, 2.75) is 13.5 Å². The highest BCUT2D eigenvalue weighted by Gasteiger charge is 2.09. The van der Waals surface area contributed by atoms with Crippen molar-refractivity contribution in [3.63, 3.8) is 0 Å². The van der Waals surface area contributed by atoms with Gasteiger partial charge in [0.1, 0.15) is 11.6 Å². The summed E-state index contributed by atoms with van der Waals surface area (Å²) >= 11 is 0. The second-order valence-electron chi connectivity index (χ2n) is 4.08. The standard InChI is InChI=1S/C13H12N4O2/c1-9-15-16-12-13(14-6-7-17(9)12)19-11-4-2-10(8-18)3-5-11/h2-7,18H,8H2,1H3. The molecule has 0 bridgehead atoms. The van der Waals surface area contributed by atoms with Gasteiger partial charge in [0.05, 0.1) is 6.61 Å². The number of hydrogen-bond acceptors (Lipinski definition) is 5. The maximum absolute atomic E-state index is 8.99. The highest BCUT2D eigenvalue weighted by atomic mass is 16.5. The molecule has 0 amide bonds. The van der Waals surface area contributed by atoms with Crippen molar-refractivity contribution < 1.29 is 9.84 Å². The zero-order chi connectivity index (χ0) is 13.2. The van der Waals surface area contributed by atoms with Crippen LogP contribution in [0.4, 0.5) is 0 Å². The summed E-state index contributed by atoms with van der Waals surface area (Å²) in [5.74, 6) is 1.82. The lowest BCUT2D eigenvalue weighted by molar-refractivity contribution is 0.281. The monoisotopic (exact) mass is 256 g/mol. The van der Waals surface area contributed by atoms with E-state index in [0.29, 0.717) is 17.3 Å². The van der Waals surface area contributed by atoms with Crippen molar-refractivity contribution in [3.05, 3.63) is 48.0 Å². The second kappa shape index (κ2) is 4.66. The molecule has 0 aliphatic carbocycles. The van der Waals surface area contributed by atoms with Crippen molar-refractivity contribution >= 4 is 5.65 Å². The van der Waals surface area contributed by atoms with Gasteiger partial charge in [-0.25, -0.2) is 4.98 Å². The molecule has 3 rings (SSSR count). The van der Waals surface area contributed by atoms with Gasteiger partial charge in [-0.1, -0.05) is 12.1 Å². The number of hydrogen-bond donors (Lipinski definition) is 1. The maximum atomic E-state index is 8.99. The molecule has 2 aromatic heterocycles. The molecule has 0 aliphatic heterocycles. The Kier molecular flexibility index (Phi) is 2.85. The second-order valence-corrected chi connectivity index (χ2v) is 4.08. The number of nitrogens with zero attached hydrogens (tertiary/aromatic N) is 4. The van der Waals surface area contributed by atoms with E-state index in [2.05, 4.69) is 15.2 Å². The first kappa shape index (κ1) is 11.6. The van der Waals surface area contributed by atoms with Gasteiger partial charge < -0.3 is 9.84 Å². The first-order valence-electron chi connectivity index (χ1n) is 5.82. The Morgan fingerprint density at radius 3 is 2.74 bits per heavy atom. The molecular weight excluding hydrogens is 244 g/mol. The maximum Gasteiger partial charge on any atom is 0.265 e. The van der Waals surface area contributed by atoms with Crippen LogP contribution >= 0.6 is 0 Å². The van der Waals surface area contributed by atoms with Crippen molar-refractivity contribution in [2.24, 2.45) is 0 Å². The molecule has 0 saturated heterocycles. The van der Waals surface area contributed by atoms with Gasteiger partial charge in [0.15, 0.2) is 0 Å². The van der Waals surface area contributed by atoms with E-state index in [1.165, 1.54) is 0 Å². The summed E-state index contributed by atoms with van der Waals surface area (Å²) in [6, 6.07) is 7.15. The number of benzene rings is 1. The summed E-state index contributed by atoms with van der Waals surface area (Å²) in [6.07, 6.45) is 3.42. The number of rotatable bonds is 3. The van der Waals surface area contributed by atoms with E-state index in [4.69, 9.17) is 9.84 Å². The van der Waals surface area contributed by atoms with Gasteiger partial charge in [0, 0.05) is 12.4 Å². The van der Waals surface area contributed by atoms with Gasteiger partial charge in [-0.3, -0.25) is 4.40 Å². The van der Waals surface area contributed by atoms with Crippen LogP contribution in [0, 0.1) is 6.92 Å². The number of aliphatic hydroxyl groups excluding tert-OH is 1. The fraction of sp³-hybridized carbons (Fsp3) is 0.154. The van der Waals surface area contributed by atoms with Crippen LogP contribution in [0.1, 0.15) is 11.4 Å². The van der Waals surface area contributed by atoms with Crippen LogP contribution in [0.5, 0.6) is 11.6 Å². The summed E-state index contributed by atoms with van der Waals surface area (Å²) < 4.78 is 7.50. The summed E-state index contributed by atoms with van der Waals surface area (Å²) in [6.45, 7) is 1.87. The quantitative estimate of drug-likeness (QED) is 0.772. The first-order chi connectivity index (χ1) is 9.28. The zero-order valence-corrected chi connectivity index (χ0v) is 10.3. The van der Waals surface area contributed by atoms with E-state index in [-0.39, 0.29) is 6.61 Å². The third-order valence-electron chi connectivity index (χ3n) is 2.79. The molecule has 1 N–H and O–H groups in total. The Morgan fingerprint density at radius 2 is 2.00 bits per heavy atom. The molecule has 0 fully saturated rings. The van der Waals surface area contributed by atoms with Crippen molar-refractivity contribution in [1.29, 1.82) is 0 Å². The van der Waals surface area contributed by atoms with Crippen LogP contribution in [0.15, 0.2) is 36.7 Å². The minimum Gasteiger partial charge on any atom is -0.436 e. The summed E-state index contributed by atoms with van der Waals surface area (Å²) in [5, 5.41) is 17.0. The van der Waals surface area contributed by atoms with Crippen molar-refractivity contribution in [2.75, 3.05) is 0 Å². The average Bonchev–Trinajstić information content (AvgIpc) is 2.83. The highest BCUT2D eigenvalue weighted by molar-refractivity contribution is 5.50. The SMILES string of the molecule is Cc1nnc2c(Oc3ccc(CO)cc3)nccn12. The molecule has 96 valence electrons. The first-order valence-corrected chi connectivity index (χ1v) is 5.82. The highest BCUT2D eigenvalue weighted by Crippen LogP contribution is 2.23. The number of aliphatic hydroxyl groups is 1. The molecule has 0 atom stereocenters. The van der Waals surface area contributed by atoms with Gasteiger partial charge in [0.2, 0.25) is 5.65 Å². The van der Waals surface area contributed by atoms with Gasteiger partial charge >= 0.3 is 0 Å². The van der Waals surface area contributed by atoms with Crippen LogP contribution in [0.2, 0.25) is 0 Å². The topological polar surface area (TPSA) is 72.5 Å². The van der Waals surface area contributed by atoms with E-state index in [0.717, 1.165) is 11.4 Å². The summed E-state index contributed by atoms with van der Waals surface area (Å²) in [7, 11) is 0. The Morgan fingerprint density at radius 1 is 1.21 bits per heavy atom. The lowest BCUT2D eigenvalue weighted by Crippen LogP contribution is -1.94. The van der Waals surface area contributed by atoms with Crippen LogP contribution in [0.3, 0.4) is 0 Å². The number of aryl methyl sites for hydroxylation is 1. The average molecular weight is 256 g/mol. The van der Waals surface area contributed by atoms with Gasteiger partial charge in [-0.15, -0.1) is 10.2 Å². The van der Waals surface area contributed by atoms with Gasteiger partial charge in [-0.2, -0.15) is 0 Å². The van der Waals surface area contributed by atoms with E-state index < -0.39 is 0 Å². The van der Waals surface area contributed by atoms with Crippen molar-refractivity contribution in [1.82, 2.24) is 19.6 Å². The Labute approximate surface area is 109 Å². The molecule has 6 heteroatoms. The van der Waals surface area contributed by atoms with Crippen LogP contribution in [-0.4, -0.2) is 24.7 Å². The molecule has 0 aliphatic rings. The third-order valence-corrected chi connectivity index (χ3v) is 2.79. The van der Waals surface area contributed by atoms with E-state index in [1.807, 2.05) is 11.3 Å². The Hall–Kier alpha value is -2.47. The van der Waals surface area contributed by atoms with Crippen molar-refractivity contribution in [3.8, 4) is 11.6 Å². The number of fused-ring (bicyclic) bond motifs is 1. The molecule has 3 aromatic rings. The lowest BCUT2D eigenvalue weighted by Gasteiger charge is -2.05. The minimum absolute atomic E-state index is 0.0114. The summed E-state index contributed by atoms with van der Waals surface area (Å²) in [4.78, 5) is 4.16. The van der Waals surface area contributed by atoms with Crippen LogP contribution < -0.4 is 4.74 Å². The van der Waals surface area contributed by atoms with Crippen LogP contribution in [-0.2, 0) is 6.61 Å². The smallest absolute Gasteiger partial charge is 0.265 e. The van der Waals surface area contributed by atoms with Gasteiger partial charge in [0.25, 0.3) is 5.88 Å². The number of ether oxygens (including phenoxy) is 1. The molecule has 1 aromatic carbocycles. The normalized spacial score (nSPS) is 10.8. The molecule has 0 saturated carbocycles. The zero-order valence-electron chi connectivity index (χ0n) is 10.3. The molecule has 2 heterocycles. The predicted molar refractivity (Wildman–Crippen MR) is 68.0 cm³/mol. The largest absolute Gasteiger partial charge is 0.436 e. The Bertz CT molecular complexity index is 706. The summed E-state index contributed by atoms with van der Waals surface area (Å²) in [5.41, 5.74) is 1.41. The van der Waals surface area contributed by atoms with E-state index in [9.17, 15) is 0 Å². The molecular formula is C13H12N4O2. The predicted octanol–water partition coefficient (Wildman–Crippen LogP) is 1.72. The third kappa shape index (κ3) is 2.13. The molecule has 0 unspecified atom stereocenters. The fourth-order valence-corrected chi connectivity index (χ4v) is 1.77. The molecule has 0 radical (unpaired) electrons.